The van der Waals surface area contributed by atoms with Crippen LogP contribution in [-0.2, 0) is 20.0 Å². The molecule has 0 radical (unpaired) electrons. The van der Waals surface area contributed by atoms with E-state index in [2.05, 4.69) is 41.5 Å². The number of ether oxygens (including phenoxy) is 2. The number of para-hydroxylation sites is 2. The van der Waals surface area contributed by atoms with Crippen molar-refractivity contribution >= 4 is 5.96 Å². The van der Waals surface area contributed by atoms with Crippen molar-refractivity contribution in [2.45, 2.75) is 39.8 Å². The molecule has 3 rings (SSSR count). The van der Waals surface area contributed by atoms with Crippen LogP contribution in [0.5, 0.6) is 17.2 Å². The fraction of sp³-hybridized carbons (Fsp3) is 0.360. The zero-order valence-corrected chi connectivity index (χ0v) is 19.8. The highest BCUT2D eigenvalue weighted by atomic mass is 16.5. The molecule has 0 fully saturated rings. The molecule has 0 aliphatic carbocycles. The van der Waals surface area contributed by atoms with Crippen molar-refractivity contribution in [3.63, 3.8) is 0 Å². The first-order chi connectivity index (χ1) is 15.4. The third kappa shape index (κ3) is 5.81. The Balaban J connectivity index is 1.53. The Morgan fingerprint density at radius 3 is 2.38 bits per heavy atom. The molecule has 0 aliphatic heterocycles. The average Bonchev–Trinajstić information content (AvgIpc) is 3.03. The highest BCUT2D eigenvalue weighted by Crippen LogP contribution is 2.30. The van der Waals surface area contributed by atoms with Gasteiger partial charge in [-0.2, -0.15) is 5.10 Å². The lowest BCUT2D eigenvalue weighted by molar-refractivity contribution is 0.379. The van der Waals surface area contributed by atoms with Gasteiger partial charge in [-0.1, -0.05) is 24.3 Å². The number of guanidine groups is 1. The second-order valence-electron chi connectivity index (χ2n) is 7.85. The van der Waals surface area contributed by atoms with Gasteiger partial charge >= 0.3 is 0 Å². The van der Waals surface area contributed by atoms with Crippen molar-refractivity contribution in [3.05, 3.63) is 71.0 Å². The first-order valence-corrected chi connectivity index (χ1v) is 10.8. The first kappa shape index (κ1) is 23.2. The number of rotatable bonds is 8. The number of aromatic nitrogens is 2. The van der Waals surface area contributed by atoms with Crippen LogP contribution in [-0.4, -0.2) is 35.9 Å². The van der Waals surface area contributed by atoms with Gasteiger partial charge < -0.3 is 20.1 Å². The van der Waals surface area contributed by atoms with Gasteiger partial charge in [-0.3, -0.25) is 9.67 Å². The van der Waals surface area contributed by atoms with Gasteiger partial charge in [-0.25, -0.2) is 0 Å². The largest absolute Gasteiger partial charge is 0.493 e. The summed E-state index contributed by atoms with van der Waals surface area (Å²) in [5, 5.41) is 11.4. The summed E-state index contributed by atoms with van der Waals surface area (Å²) in [5.74, 6) is 2.93. The summed E-state index contributed by atoms with van der Waals surface area (Å²) in [6.07, 6.45) is 0.890. The number of nitrogens with one attached hydrogen (secondary N) is 2. The third-order valence-corrected chi connectivity index (χ3v) is 5.46. The van der Waals surface area contributed by atoms with Crippen molar-refractivity contribution in [1.82, 2.24) is 20.4 Å². The second-order valence-corrected chi connectivity index (χ2v) is 7.85. The van der Waals surface area contributed by atoms with Crippen LogP contribution < -0.4 is 20.1 Å². The molecule has 0 bridgehead atoms. The quantitative estimate of drug-likeness (QED) is 0.411. The van der Waals surface area contributed by atoms with E-state index in [9.17, 15) is 0 Å². The van der Waals surface area contributed by atoms with E-state index in [1.54, 1.807) is 14.2 Å². The lowest BCUT2D eigenvalue weighted by Gasteiger charge is -2.18. The van der Waals surface area contributed by atoms with E-state index in [1.807, 2.05) is 60.3 Å². The maximum absolute atomic E-state index is 5.94. The molecule has 7 heteroatoms. The summed E-state index contributed by atoms with van der Waals surface area (Å²) in [4.78, 5) is 4.36. The lowest BCUT2D eigenvalue weighted by atomic mass is 10.1. The Labute approximate surface area is 190 Å². The maximum Gasteiger partial charge on any atom is 0.191 e. The van der Waals surface area contributed by atoms with Crippen molar-refractivity contribution in [1.29, 1.82) is 0 Å². The van der Waals surface area contributed by atoms with Gasteiger partial charge in [0.15, 0.2) is 17.5 Å². The fourth-order valence-corrected chi connectivity index (χ4v) is 3.59. The third-order valence-electron chi connectivity index (χ3n) is 5.46. The van der Waals surface area contributed by atoms with Crippen LogP contribution >= 0.6 is 0 Å². The Bertz CT molecular complexity index is 1060. The van der Waals surface area contributed by atoms with E-state index in [-0.39, 0.29) is 6.04 Å². The minimum Gasteiger partial charge on any atom is -0.493 e. The van der Waals surface area contributed by atoms with Crippen LogP contribution in [0.2, 0.25) is 0 Å². The van der Waals surface area contributed by atoms with Crippen molar-refractivity contribution in [2.75, 3.05) is 14.2 Å². The van der Waals surface area contributed by atoms with Crippen LogP contribution in [0.25, 0.3) is 0 Å². The number of aliphatic imine (C=N–C) groups is 1. The molecule has 1 heterocycles. The highest BCUT2D eigenvalue weighted by Gasteiger charge is 2.14. The van der Waals surface area contributed by atoms with Crippen LogP contribution in [0.4, 0.5) is 0 Å². The van der Waals surface area contributed by atoms with Crippen molar-refractivity contribution < 1.29 is 9.47 Å². The van der Waals surface area contributed by atoms with Gasteiger partial charge in [0, 0.05) is 32.4 Å². The second kappa shape index (κ2) is 10.7. The molecule has 0 saturated heterocycles. The van der Waals surface area contributed by atoms with Gasteiger partial charge in [0.05, 0.1) is 12.8 Å². The van der Waals surface area contributed by atoms with Gasteiger partial charge in [0.25, 0.3) is 0 Å². The number of benzene rings is 2. The van der Waals surface area contributed by atoms with Crippen LogP contribution in [0, 0.1) is 13.8 Å². The Morgan fingerprint density at radius 2 is 1.78 bits per heavy atom. The average molecular weight is 436 g/mol. The van der Waals surface area contributed by atoms with Gasteiger partial charge in [0.1, 0.15) is 5.75 Å². The van der Waals surface area contributed by atoms with E-state index in [0.717, 1.165) is 29.4 Å². The van der Waals surface area contributed by atoms with E-state index in [4.69, 9.17) is 9.47 Å². The number of hydrogen-bond donors (Lipinski definition) is 2. The standard InChI is InChI=1S/C25H33N5O2/c1-17(15-22-18(2)29-30(5)19(22)3)28-25(26-4)27-16-20-11-13-21(14-12-20)32-24-10-8-7-9-23(24)31-6/h7-14,17H,15-16H2,1-6H3,(H2,26,27,28). The summed E-state index contributed by atoms with van der Waals surface area (Å²) in [6.45, 7) is 6.98. The molecule has 170 valence electrons. The number of hydrogen-bond acceptors (Lipinski definition) is 4. The molecule has 2 aromatic carbocycles. The molecule has 1 atom stereocenters. The Kier molecular flexibility index (Phi) is 7.76. The van der Waals surface area contributed by atoms with Gasteiger partial charge in [-0.05, 0) is 62.6 Å². The smallest absolute Gasteiger partial charge is 0.191 e. The van der Waals surface area contributed by atoms with E-state index >= 15 is 0 Å². The van der Waals surface area contributed by atoms with Gasteiger partial charge in [-0.15, -0.1) is 0 Å². The Morgan fingerprint density at radius 1 is 1.09 bits per heavy atom. The summed E-state index contributed by atoms with van der Waals surface area (Å²) >= 11 is 0. The lowest BCUT2D eigenvalue weighted by Crippen LogP contribution is -2.42. The summed E-state index contributed by atoms with van der Waals surface area (Å²) < 4.78 is 13.2. The summed E-state index contributed by atoms with van der Waals surface area (Å²) in [5.41, 5.74) is 4.70. The minimum atomic E-state index is 0.222. The summed E-state index contributed by atoms with van der Waals surface area (Å²) in [7, 11) is 5.40. The summed E-state index contributed by atoms with van der Waals surface area (Å²) in [6, 6.07) is 15.8. The molecular formula is C25H33N5O2. The first-order valence-electron chi connectivity index (χ1n) is 10.8. The Hall–Kier alpha value is -3.48. The number of methoxy groups -OCH3 is 1. The molecular weight excluding hydrogens is 402 g/mol. The fourth-order valence-electron chi connectivity index (χ4n) is 3.59. The van der Waals surface area contributed by atoms with Crippen LogP contribution in [0.15, 0.2) is 53.5 Å². The van der Waals surface area contributed by atoms with Gasteiger partial charge in [0.2, 0.25) is 0 Å². The highest BCUT2D eigenvalue weighted by molar-refractivity contribution is 5.79. The topological polar surface area (TPSA) is 72.7 Å². The van der Waals surface area contributed by atoms with Crippen molar-refractivity contribution in [2.24, 2.45) is 12.0 Å². The molecule has 0 aliphatic rings. The molecule has 32 heavy (non-hydrogen) atoms. The van der Waals surface area contributed by atoms with E-state index < -0.39 is 0 Å². The molecule has 1 unspecified atom stereocenters. The van der Waals surface area contributed by atoms with Crippen molar-refractivity contribution in [3.8, 4) is 17.2 Å². The monoisotopic (exact) mass is 435 g/mol. The molecule has 3 aromatic rings. The minimum absolute atomic E-state index is 0.222. The molecule has 7 nitrogen and oxygen atoms in total. The predicted octanol–water partition coefficient (Wildman–Crippen LogP) is 4.13. The molecule has 0 amide bonds. The molecule has 2 N–H and O–H groups in total. The van der Waals surface area contributed by atoms with Crippen LogP contribution in [0.1, 0.15) is 29.4 Å². The molecule has 1 aromatic heterocycles. The molecule has 0 spiro atoms. The number of nitrogens with zero attached hydrogens (tertiary/aromatic N) is 3. The normalized spacial score (nSPS) is 12.4. The van der Waals surface area contributed by atoms with E-state index in [0.29, 0.717) is 18.0 Å². The molecule has 0 saturated carbocycles. The number of aryl methyl sites for hydroxylation is 2. The van der Waals surface area contributed by atoms with Crippen LogP contribution in [0.3, 0.4) is 0 Å². The maximum atomic E-state index is 5.94. The van der Waals surface area contributed by atoms with E-state index in [1.165, 1.54) is 11.3 Å². The predicted molar refractivity (Wildman–Crippen MR) is 129 cm³/mol. The zero-order chi connectivity index (χ0) is 23.1. The zero-order valence-electron chi connectivity index (χ0n) is 19.8. The SMILES string of the molecule is CN=C(NCc1ccc(Oc2ccccc2OC)cc1)NC(C)Cc1c(C)nn(C)c1C.